The Morgan fingerprint density at radius 1 is 1.00 bits per heavy atom. The Morgan fingerprint density at radius 3 is 2.71 bits per heavy atom. The molecule has 31 heavy (non-hydrogen) atoms. The van der Waals surface area contributed by atoms with E-state index < -0.39 is 10.0 Å². The summed E-state index contributed by atoms with van der Waals surface area (Å²) < 4.78 is 28.2. The molecular formula is C23H25ClN4O2S. The maximum atomic E-state index is 12.7. The molecular weight excluding hydrogens is 432 g/mol. The second-order valence-electron chi connectivity index (χ2n) is 7.35. The number of nitrogens with one attached hydrogen (secondary N) is 2. The van der Waals surface area contributed by atoms with Gasteiger partial charge in [-0.3, -0.25) is 9.97 Å². The number of halogens is 1. The molecule has 0 amide bonds. The van der Waals surface area contributed by atoms with Crippen LogP contribution in [0.5, 0.6) is 0 Å². The number of sulfonamides is 1. The quantitative estimate of drug-likeness (QED) is 0.395. The van der Waals surface area contributed by atoms with E-state index in [1.165, 1.54) is 5.56 Å². The number of rotatable bonds is 8. The third-order valence-electron chi connectivity index (χ3n) is 5.04. The van der Waals surface area contributed by atoms with Crippen LogP contribution in [-0.2, 0) is 16.4 Å². The van der Waals surface area contributed by atoms with Crippen LogP contribution in [0.1, 0.15) is 12.5 Å². The predicted octanol–water partition coefficient (Wildman–Crippen LogP) is 3.70. The number of nitrogens with zero attached hydrogens (tertiary/aromatic N) is 2. The van der Waals surface area contributed by atoms with Gasteiger partial charge in [0.05, 0.1) is 10.4 Å². The van der Waals surface area contributed by atoms with Gasteiger partial charge in [0.1, 0.15) is 0 Å². The lowest BCUT2D eigenvalue weighted by molar-refractivity contribution is 0.537. The van der Waals surface area contributed by atoms with Gasteiger partial charge in [-0.2, -0.15) is 0 Å². The summed E-state index contributed by atoms with van der Waals surface area (Å²) in [7, 11) is -3.59. The average molecular weight is 457 g/mol. The van der Waals surface area contributed by atoms with Crippen LogP contribution in [-0.4, -0.2) is 37.5 Å². The SMILES string of the molecule is CC(CNCCc1ccnc2ccccc12)NS(=O)(=O)c1ccc2cnccc2c1.Cl. The molecule has 0 bridgehead atoms. The van der Waals surface area contributed by atoms with Crippen LogP contribution < -0.4 is 10.0 Å². The van der Waals surface area contributed by atoms with E-state index in [1.807, 2.05) is 43.5 Å². The Balaban J connectivity index is 0.00000272. The summed E-state index contributed by atoms with van der Waals surface area (Å²) in [5, 5.41) is 6.26. The van der Waals surface area contributed by atoms with Crippen molar-refractivity contribution in [3.63, 3.8) is 0 Å². The van der Waals surface area contributed by atoms with Gasteiger partial charge in [0.15, 0.2) is 0 Å². The van der Waals surface area contributed by atoms with E-state index in [1.54, 1.807) is 30.6 Å². The molecule has 0 fully saturated rings. The van der Waals surface area contributed by atoms with Crippen molar-refractivity contribution >= 4 is 44.1 Å². The largest absolute Gasteiger partial charge is 0.315 e. The normalized spacial score (nSPS) is 12.5. The molecule has 1 atom stereocenters. The van der Waals surface area contributed by atoms with Crippen molar-refractivity contribution in [3.8, 4) is 0 Å². The highest BCUT2D eigenvalue weighted by Gasteiger charge is 2.17. The Morgan fingerprint density at radius 2 is 1.84 bits per heavy atom. The maximum absolute atomic E-state index is 12.7. The minimum atomic E-state index is -3.59. The molecule has 8 heteroatoms. The molecule has 0 spiro atoms. The molecule has 0 saturated carbocycles. The van der Waals surface area contributed by atoms with Gasteiger partial charge in [-0.1, -0.05) is 24.3 Å². The monoisotopic (exact) mass is 456 g/mol. The van der Waals surface area contributed by atoms with Gasteiger partial charge < -0.3 is 5.32 Å². The second kappa shape index (κ2) is 10.2. The summed E-state index contributed by atoms with van der Waals surface area (Å²) in [6, 6.07) is 16.7. The number of aromatic nitrogens is 2. The van der Waals surface area contributed by atoms with Crippen LogP contribution in [0.25, 0.3) is 21.7 Å². The van der Waals surface area contributed by atoms with Crippen LogP contribution >= 0.6 is 12.4 Å². The molecule has 2 heterocycles. The molecule has 1 unspecified atom stereocenters. The van der Waals surface area contributed by atoms with E-state index in [0.29, 0.717) is 6.54 Å². The molecule has 2 N–H and O–H groups in total. The molecule has 2 aromatic carbocycles. The number of pyridine rings is 2. The van der Waals surface area contributed by atoms with Gasteiger partial charge in [-0.05, 0) is 61.2 Å². The summed E-state index contributed by atoms with van der Waals surface area (Å²) in [5.41, 5.74) is 2.22. The fraction of sp³-hybridized carbons (Fsp3) is 0.217. The third-order valence-corrected chi connectivity index (χ3v) is 6.63. The van der Waals surface area contributed by atoms with Crippen molar-refractivity contribution in [1.29, 1.82) is 0 Å². The lowest BCUT2D eigenvalue weighted by Gasteiger charge is -2.16. The molecule has 2 aromatic heterocycles. The van der Waals surface area contributed by atoms with Crippen molar-refractivity contribution in [1.82, 2.24) is 20.0 Å². The molecule has 0 aliphatic rings. The topological polar surface area (TPSA) is 84.0 Å². The van der Waals surface area contributed by atoms with E-state index in [9.17, 15) is 8.42 Å². The summed E-state index contributed by atoms with van der Waals surface area (Å²) >= 11 is 0. The Hall–Kier alpha value is -2.58. The molecule has 0 aliphatic heterocycles. The first-order valence-electron chi connectivity index (χ1n) is 9.92. The molecule has 0 aliphatic carbocycles. The molecule has 4 aromatic rings. The highest BCUT2D eigenvalue weighted by molar-refractivity contribution is 7.89. The Labute approximate surface area is 188 Å². The zero-order valence-corrected chi connectivity index (χ0v) is 18.8. The minimum absolute atomic E-state index is 0. The van der Waals surface area contributed by atoms with E-state index >= 15 is 0 Å². The van der Waals surface area contributed by atoms with E-state index in [-0.39, 0.29) is 23.3 Å². The van der Waals surface area contributed by atoms with Crippen LogP contribution in [0, 0.1) is 0 Å². The number of fused-ring (bicyclic) bond motifs is 2. The van der Waals surface area contributed by atoms with Crippen LogP contribution in [0.3, 0.4) is 0 Å². The van der Waals surface area contributed by atoms with Gasteiger partial charge in [-0.25, -0.2) is 13.1 Å². The summed E-state index contributed by atoms with van der Waals surface area (Å²) in [6.45, 7) is 3.15. The minimum Gasteiger partial charge on any atom is -0.315 e. The van der Waals surface area contributed by atoms with Crippen molar-refractivity contribution in [2.45, 2.75) is 24.3 Å². The zero-order chi connectivity index (χ0) is 21.0. The fourth-order valence-electron chi connectivity index (χ4n) is 3.52. The summed E-state index contributed by atoms with van der Waals surface area (Å²) in [4.78, 5) is 8.70. The van der Waals surface area contributed by atoms with Gasteiger partial charge in [0.25, 0.3) is 0 Å². The van der Waals surface area contributed by atoms with Gasteiger partial charge in [0.2, 0.25) is 10.0 Å². The molecule has 0 radical (unpaired) electrons. The van der Waals surface area contributed by atoms with E-state index in [2.05, 4.69) is 26.1 Å². The summed E-state index contributed by atoms with van der Waals surface area (Å²) in [5.74, 6) is 0. The first-order valence-corrected chi connectivity index (χ1v) is 11.4. The van der Waals surface area contributed by atoms with Crippen molar-refractivity contribution in [3.05, 3.63) is 78.8 Å². The third kappa shape index (κ3) is 5.57. The number of benzene rings is 2. The number of hydrogen-bond acceptors (Lipinski definition) is 5. The van der Waals surface area contributed by atoms with Crippen molar-refractivity contribution in [2.24, 2.45) is 0 Å². The van der Waals surface area contributed by atoms with E-state index in [0.717, 1.165) is 34.6 Å². The lowest BCUT2D eigenvalue weighted by atomic mass is 10.1. The molecule has 4 rings (SSSR count). The Kier molecular flexibility index (Phi) is 7.56. The standard InChI is InChI=1S/C23H24N4O2S.ClH/c1-17(15-24-11-8-18-10-13-26-23-5-3-2-4-22(18)23)27-30(28,29)21-7-6-20-16-25-12-9-19(20)14-21;/h2-7,9-10,12-14,16-17,24,27H,8,11,15H2,1H3;1H. The van der Waals surface area contributed by atoms with Gasteiger partial charge in [-0.15, -0.1) is 12.4 Å². The summed E-state index contributed by atoms with van der Waals surface area (Å²) in [6.07, 6.45) is 6.05. The van der Waals surface area contributed by atoms with Crippen LogP contribution in [0.15, 0.2) is 78.1 Å². The molecule has 6 nitrogen and oxygen atoms in total. The molecule has 162 valence electrons. The van der Waals surface area contributed by atoms with Gasteiger partial charge in [0, 0.05) is 41.9 Å². The second-order valence-corrected chi connectivity index (χ2v) is 9.06. The lowest BCUT2D eigenvalue weighted by Crippen LogP contribution is -2.40. The number of para-hydroxylation sites is 1. The predicted molar refractivity (Wildman–Crippen MR) is 127 cm³/mol. The van der Waals surface area contributed by atoms with Crippen molar-refractivity contribution in [2.75, 3.05) is 13.1 Å². The van der Waals surface area contributed by atoms with Crippen LogP contribution in [0.4, 0.5) is 0 Å². The highest BCUT2D eigenvalue weighted by Crippen LogP contribution is 2.18. The fourth-order valence-corrected chi connectivity index (χ4v) is 4.80. The zero-order valence-electron chi connectivity index (χ0n) is 17.2. The van der Waals surface area contributed by atoms with E-state index in [4.69, 9.17) is 0 Å². The van der Waals surface area contributed by atoms with Crippen molar-refractivity contribution < 1.29 is 8.42 Å². The average Bonchev–Trinajstić information content (AvgIpc) is 2.76. The Bertz CT molecular complexity index is 1280. The maximum Gasteiger partial charge on any atom is 0.240 e. The molecule has 0 saturated heterocycles. The van der Waals surface area contributed by atoms with Gasteiger partial charge >= 0.3 is 0 Å². The number of hydrogen-bond donors (Lipinski definition) is 2. The first-order chi connectivity index (χ1) is 14.5. The highest BCUT2D eigenvalue weighted by atomic mass is 35.5. The first kappa shape index (κ1) is 23.1. The van der Waals surface area contributed by atoms with Crippen LogP contribution in [0.2, 0.25) is 0 Å². The smallest absolute Gasteiger partial charge is 0.240 e.